The number of aryl methyl sites for hydroxylation is 1. The molecule has 1 aliphatic carbocycles. The molecule has 0 atom stereocenters. The lowest BCUT2D eigenvalue weighted by Gasteiger charge is -2.16. The lowest BCUT2D eigenvalue weighted by molar-refractivity contribution is -0.0929. The Balaban J connectivity index is 1.61. The number of nitrogens with zero attached hydrogens (tertiary/aromatic N) is 4. The molecule has 0 bridgehead atoms. The van der Waals surface area contributed by atoms with Crippen molar-refractivity contribution in [3.05, 3.63) is 95.3 Å². The molecule has 0 spiro atoms. The highest BCUT2D eigenvalue weighted by molar-refractivity contribution is 5.97. The van der Waals surface area contributed by atoms with Gasteiger partial charge in [-0.05, 0) is 75.8 Å². The number of aromatic nitrogens is 3. The van der Waals surface area contributed by atoms with Crippen LogP contribution in [0.15, 0.2) is 84.2 Å². The topological polar surface area (TPSA) is 104 Å². The Morgan fingerprint density at radius 2 is 1.93 bits per heavy atom. The summed E-state index contributed by atoms with van der Waals surface area (Å²) in [6.07, 6.45) is 2.65. The second-order valence-corrected chi connectivity index (χ2v) is 10.1. The molecule has 2 heterocycles. The van der Waals surface area contributed by atoms with E-state index in [-0.39, 0.29) is 30.0 Å². The quantitative estimate of drug-likeness (QED) is 0.233. The maximum atomic E-state index is 13.7. The Morgan fingerprint density at radius 3 is 2.67 bits per heavy atom. The summed E-state index contributed by atoms with van der Waals surface area (Å²) in [5.74, 6) is 0.727. The molecule has 0 saturated carbocycles. The van der Waals surface area contributed by atoms with Gasteiger partial charge in [0, 0.05) is 48.2 Å². The fourth-order valence-corrected chi connectivity index (χ4v) is 4.24. The molecule has 0 saturated heterocycles. The van der Waals surface area contributed by atoms with Gasteiger partial charge in [0.2, 0.25) is 0 Å². The van der Waals surface area contributed by atoms with Crippen LogP contribution < -0.4 is 16.0 Å². The van der Waals surface area contributed by atoms with E-state index in [0.29, 0.717) is 35.0 Å². The third kappa shape index (κ3) is 8.41. The second-order valence-electron chi connectivity index (χ2n) is 10.1. The summed E-state index contributed by atoms with van der Waals surface area (Å²) in [5, 5.41) is 8.91. The van der Waals surface area contributed by atoms with Crippen molar-refractivity contribution >= 4 is 23.2 Å². The molecule has 9 nitrogen and oxygen atoms in total. The number of carbonyl (C=O) groups is 1. The van der Waals surface area contributed by atoms with Crippen LogP contribution in [0.3, 0.4) is 0 Å². The average molecular weight is 594 g/mol. The van der Waals surface area contributed by atoms with Crippen LogP contribution in [0.4, 0.5) is 30.5 Å². The van der Waals surface area contributed by atoms with E-state index in [0.717, 1.165) is 18.2 Å². The SMILES string of the molecule is CNc1cc(-c2cccnc2Nc2cc(C(=O)NC3=C(OCCCN(C)C)C=CCC(C(F)(F)F)=C3)ccc2C)ncn1. The maximum Gasteiger partial charge on any atom is 0.413 e. The number of benzene rings is 1. The number of carbonyl (C=O) groups excluding carboxylic acids is 1. The Kier molecular flexibility index (Phi) is 10.1. The normalized spacial score (nSPS) is 13.4. The molecule has 226 valence electrons. The van der Waals surface area contributed by atoms with E-state index in [9.17, 15) is 18.0 Å². The number of pyridine rings is 1. The number of rotatable bonds is 11. The molecule has 0 radical (unpaired) electrons. The van der Waals surface area contributed by atoms with Crippen LogP contribution in [-0.4, -0.2) is 66.2 Å². The highest BCUT2D eigenvalue weighted by atomic mass is 19.4. The van der Waals surface area contributed by atoms with Gasteiger partial charge in [-0.25, -0.2) is 15.0 Å². The Morgan fingerprint density at radius 1 is 1.12 bits per heavy atom. The fraction of sp³-hybridized carbons (Fsp3) is 0.290. The standard InChI is InChI=1S/C31H34F3N7O2/c1-20-11-12-21(16-24(20)39-29-23(9-6-13-36-29)25-18-28(35-2)38-19-37-25)30(42)40-26-17-22(31(32,33)34)8-5-10-27(26)43-15-7-14-41(3)4/h5-6,9-13,16-19H,7-8,14-15H2,1-4H3,(H,36,39)(H,40,42)(H,35,37,38). The first-order chi connectivity index (χ1) is 20.5. The van der Waals surface area contributed by atoms with E-state index in [2.05, 4.69) is 30.9 Å². The highest BCUT2D eigenvalue weighted by Crippen LogP contribution is 2.32. The molecule has 0 fully saturated rings. The average Bonchev–Trinajstić information content (AvgIpc) is 3.19. The molecule has 3 N–H and O–H groups in total. The number of alkyl halides is 3. The summed E-state index contributed by atoms with van der Waals surface area (Å²) < 4.78 is 46.8. The van der Waals surface area contributed by atoms with E-state index < -0.39 is 17.7 Å². The second kappa shape index (κ2) is 14.0. The zero-order valence-electron chi connectivity index (χ0n) is 24.4. The lowest BCUT2D eigenvalue weighted by Crippen LogP contribution is -2.25. The number of ether oxygens (including phenoxy) is 1. The minimum atomic E-state index is -4.56. The number of allylic oxidation sites excluding steroid dienone is 4. The third-order valence-electron chi connectivity index (χ3n) is 6.57. The van der Waals surface area contributed by atoms with Gasteiger partial charge in [-0.2, -0.15) is 13.2 Å². The largest absolute Gasteiger partial charge is 0.491 e. The zero-order valence-corrected chi connectivity index (χ0v) is 24.4. The molecule has 0 unspecified atom stereocenters. The predicted molar refractivity (Wildman–Crippen MR) is 161 cm³/mol. The molecular formula is C31H34F3N7O2. The van der Waals surface area contributed by atoms with Gasteiger partial charge in [0.1, 0.15) is 23.7 Å². The number of nitrogens with one attached hydrogen (secondary N) is 3. The van der Waals surface area contributed by atoms with Crippen LogP contribution in [0.5, 0.6) is 0 Å². The van der Waals surface area contributed by atoms with Crippen molar-refractivity contribution in [1.29, 1.82) is 0 Å². The van der Waals surface area contributed by atoms with Gasteiger partial charge in [-0.3, -0.25) is 4.79 Å². The zero-order chi connectivity index (χ0) is 31.0. The van der Waals surface area contributed by atoms with Crippen molar-refractivity contribution in [3.8, 4) is 11.3 Å². The van der Waals surface area contributed by atoms with Crippen molar-refractivity contribution in [3.63, 3.8) is 0 Å². The minimum absolute atomic E-state index is 0.0536. The first kappa shape index (κ1) is 31.2. The van der Waals surface area contributed by atoms with E-state index in [1.165, 1.54) is 18.5 Å². The maximum absolute atomic E-state index is 13.7. The molecule has 43 heavy (non-hydrogen) atoms. The Bertz CT molecular complexity index is 1550. The summed E-state index contributed by atoms with van der Waals surface area (Å²) in [6.45, 7) is 2.89. The number of hydrogen-bond acceptors (Lipinski definition) is 8. The molecule has 0 aliphatic heterocycles. The van der Waals surface area contributed by atoms with E-state index >= 15 is 0 Å². The molecule has 12 heteroatoms. The third-order valence-corrected chi connectivity index (χ3v) is 6.57. The van der Waals surface area contributed by atoms with Gasteiger partial charge in [-0.1, -0.05) is 12.1 Å². The van der Waals surface area contributed by atoms with E-state index in [4.69, 9.17) is 4.74 Å². The molecule has 2 aromatic heterocycles. The summed E-state index contributed by atoms with van der Waals surface area (Å²) in [6, 6.07) is 10.4. The van der Waals surface area contributed by atoms with Gasteiger partial charge in [0.05, 0.1) is 18.0 Å². The number of amides is 1. The highest BCUT2D eigenvalue weighted by Gasteiger charge is 2.34. The van der Waals surface area contributed by atoms with Crippen LogP contribution >= 0.6 is 0 Å². The minimum Gasteiger partial charge on any atom is -0.491 e. The van der Waals surface area contributed by atoms with Crippen LogP contribution in [0.25, 0.3) is 11.3 Å². The van der Waals surface area contributed by atoms with Crippen LogP contribution in [0.1, 0.15) is 28.8 Å². The molecule has 3 aromatic rings. The molecule has 1 aliphatic rings. The summed E-state index contributed by atoms with van der Waals surface area (Å²) in [5.41, 5.74) is 2.17. The summed E-state index contributed by atoms with van der Waals surface area (Å²) >= 11 is 0. The van der Waals surface area contributed by atoms with Gasteiger partial charge in [0.25, 0.3) is 5.91 Å². The fourth-order valence-electron chi connectivity index (χ4n) is 4.24. The van der Waals surface area contributed by atoms with Crippen LogP contribution in [0.2, 0.25) is 0 Å². The lowest BCUT2D eigenvalue weighted by atomic mass is 10.1. The number of hydrogen-bond donors (Lipinski definition) is 3. The monoisotopic (exact) mass is 593 g/mol. The van der Waals surface area contributed by atoms with Gasteiger partial charge in [0.15, 0.2) is 0 Å². The van der Waals surface area contributed by atoms with Crippen molar-refractivity contribution in [2.75, 3.05) is 44.9 Å². The molecule has 1 amide bonds. The first-order valence-corrected chi connectivity index (χ1v) is 13.7. The number of halogens is 3. The molecule has 4 rings (SSSR count). The molecule has 1 aromatic carbocycles. The predicted octanol–water partition coefficient (Wildman–Crippen LogP) is 5.99. The van der Waals surface area contributed by atoms with Gasteiger partial charge < -0.3 is 25.6 Å². The van der Waals surface area contributed by atoms with Gasteiger partial charge in [-0.15, -0.1) is 0 Å². The summed E-state index contributed by atoms with van der Waals surface area (Å²) in [7, 11) is 5.60. The Labute approximate surface area is 248 Å². The molecular weight excluding hydrogens is 559 g/mol. The van der Waals surface area contributed by atoms with E-state index in [1.54, 1.807) is 43.6 Å². The van der Waals surface area contributed by atoms with E-state index in [1.807, 2.05) is 32.0 Å². The van der Waals surface area contributed by atoms with Crippen LogP contribution in [0, 0.1) is 6.92 Å². The van der Waals surface area contributed by atoms with Gasteiger partial charge >= 0.3 is 6.18 Å². The van der Waals surface area contributed by atoms with Crippen LogP contribution in [-0.2, 0) is 4.74 Å². The van der Waals surface area contributed by atoms with Crippen molar-refractivity contribution in [1.82, 2.24) is 25.2 Å². The van der Waals surface area contributed by atoms with Crippen molar-refractivity contribution in [2.24, 2.45) is 0 Å². The smallest absolute Gasteiger partial charge is 0.413 e. The summed E-state index contributed by atoms with van der Waals surface area (Å²) in [4.78, 5) is 28.4. The Hall–Kier alpha value is -4.71. The van der Waals surface area contributed by atoms with Crippen molar-refractivity contribution in [2.45, 2.75) is 25.9 Å². The first-order valence-electron chi connectivity index (χ1n) is 13.7. The van der Waals surface area contributed by atoms with Crippen molar-refractivity contribution < 1.29 is 22.7 Å². The number of anilines is 3.